The van der Waals surface area contributed by atoms with Gasteiger partial charge in [-0.05, 0) is 51.2 Å². The molecule has 1 aliphatic rings. The lowest BCUT2D eigenvalue weighted by Gasteiger charge is -2.15. The van der Waals surface area contributed by atoms with Crippen LogP contribution in [0.5, 0.6) is 5.75 Å². The van der Waals surface area contributed by atoms with Gasteiger partial charge in [0.1, 0.15) is 0 Å². The van der Waals surface area contributed by atoms with E-state index in [0.717, 1.165) is 24.9 Å². The van der Waals surface area contributed by atoms with Crippen LogP contribution in [0.4, 0.5) is 0 Å². The van der Waals surface area contributed by atoms with Crippen LogP contribution in [0.3, 0.4) is 0 Å². The van der Waals surface area contributed by atoms with Crippen molar-refractivity contribution in [3.05, 3.63) is 53.9 Å². The van der Waals surface area contributed by atoms with E-state index in [-0.39, 0.29) is 17.4 Å². The van der Waals surface area contributed by atoms with E-state index in [1.54, 1.807) is 13.1 Å². The first-order valence-corrected chi connectivity index (χ1v) is 9.94. The Morgan fingerprint density at radius 2 is 2.03 bits per heavy atom. The van der Waals surface area contributed by atoms with Gasteiger partial charge in [-0.1, -0.05) is 29.8 Å². The first-order valence-electron chi connectivity index (χ1n) is 9.94. The molecule has 1 amide bonds. The summed E-state index contributed by atoms with van der Waals surface area (Å²) in [5.41, 5.74) is 2.20. The summed E-state index contributed by atoms with van der Waals surface area (Å²) in [7, 11) is 1.46. The van der Waals surface area contributed by atoms with Crippen molar-refractivity contribution in [1.29, 1.82) is 0 Å². The fraction of sp³-hybridized carbons (Fsp3) is 0.409. The Bertz CT molecular complexity index is 873. The zero-order valence-corrected chi connectivity index (χ0v) is 16.9. The number of allylic oxidation sites excluding steroid dienone is 1. The number of nitrogens with zero attached hydrogens (tertiary/aromatic N) is 2. The number of ether oxygens (including phenoxy) is 2. The lowest BCUT2D eigenvalue weighted by Crippen LogP contribution is -2.36. The number of hydrogen-bond acceptors (Lipinski definition) is 5. The molecule has 7 heteroatoms. The second-order valence-corrected chi connectivity index (χ2v) is 7.02. The van der Waals surface area contributed by atoms with Crippen LogP contribution in [0.1, 0.15) is 49.5 Å². The molecule has 1 aromatic carbocycles. The summed E-state index contributed by atoms with van der Waals surface area (Å²) in [5.74, 6) is -0.735. The van der Waals surface area contributed by atoms with Gasteiger partial charge in [0.2, 0.25) is 5.69 Å². The van der Waals surface area contributed by atoms with Gasteiger partial charge in [0.15, 0.2) is 11.9 Å². The molecule has 0 fully saturated rings. The van der Waals surface area contributed by atoms with Gasteiger partial charge in [0, 0.05) is 6.54 Å². The molecule has 29 heavy (non-hydrogen) atoms. The van der Waals surface area contributed by atoms with Gasteiger partial charge in [-0.25, -0.2) is 9.48 Å². The zero-order valence-electron chi connectivity index (χ0n) is 16.9. The number of carbonyl (C=O) groups is 2. The van der Waals surface area contributed by atoms with Gasteiger partial charge in [-0.3, -0.25) is 4.79 Å². The molecule has 3 rings (SSSR count). The first-order chi connectivity index (χ1) is 14.1. The fourth-order valence-corrected chi connectivity index (χ4v) is 3.25. The van der Waals surface area contributed by atoms with E-state index in [1.807, 2.05) is 30.3 Å². The Hall–Kier alpha value is -3.09. The molecule has 0 radical (unpaired) electrons. The third-order valence-corrected chi connectivity index (χ3v) is 4.90. The maximum absolute atomic E-state index is 12.5. The van der Waals surface area contributed by atoms with Crippen LogP contribution in [-0.2, 0) is 9.53 Å². The van der Waals surface area contributed by atoms with Crippen molar-refractivity contribution < 1.29 is 19.1 Å². The molecule has 0 aliphatic heterocycles. The van der Waals surface area contributed by atoms with Gasteiger partial charge in [0.25, 0.3) is 5.91 Å². The number of rotatable bonds is 8. The number of hydrogen-bond donors (Lipinski definition) is 1. The van der Waals surface area contributed by atoms with Crippen molar-refractivity contribution in [2.75, 3.05) is 13.7 Å². The number of amides is 1. The van der Waals surface area contributed by atoms with Crippen LogP contribution in [0.15, 0.2) is 48.2 Å². The van der Waals surface area contributed by atoms with E-state index in [4.69, 9.17) is 9.47 Å². The van der Waals surface area contributed by atoms with Crippen LogP contribution in [0.25, 0.3) is 5.69 Å². The summed E-state index contributed by atoms with van der Waals surface area (Å²) in [6, 6.07) is 9.36. The number of benzene rings is 1. The smallest absolute Gasteiger partial charge is 0.363 e. The second kappa shape index (κ2) is 9.91. The van der Waals surface area contributed by atoms with Crippen LogP contribution >= 0.6 is 0 Å². The zero-order chi connectivity index (χ0) is 20.6. The first kappa shape index (κ1) is 20.6. The van der Waals surface area contributed by atoms with Crippen molar-refractivity contribution in [2.45, 2.75) is 45.1 Å². The average Bonchev–Trinajstić information content (AvgIpc) is 3.20. The predicted molar refractivity (Wildman–Crippen MR) is 109 cm³/mol. The normalized spacial score (nSPS) is 14.6. The molecule has 1 unspecified atom stereocenters. The highest BCUT2D eigenvalue weighted by Gasteiger charge is 2.24. The molecular weight excluding hydrogens is 370 g/mol. The Kier molecular flexibility index (Phi) is 7.05. The van der Waals surface area contributed by atoms with E-state index >= 15 is 0 Å². The fourth-order valence-electron chi connectivity index (χ4n) is 3.25. The summed E-state index contributed by atoms with van der Waals surface area (Å²) in [6.45, 7) is 2.09. The maximum atomic E-state index is 12.5. The SMILES string of the molecule is COc1cn(-c2ccccc2)nc1C(=O)OC(C)C(=O)NCCC1=CCCCC1. The van der Waals surface area contributed by atoms with E-state index in [9.17, 15) is 9.59 Å². The van der Waals surface area contributed by atoms with Gasteiger partial charge >= 0.3 is 5.97 Å². The van der Waals surface area contributed by atoms with Crippen molar-refractivity contribution >= 4 is 11.9 Å². The van der Waals surface area contributed by atoms with Crippen molar-refractivity contribution in [3.63, 3.8) is 0 Å². The third kappa shape index (κ3) is 5.47. The van der Waals surface area contributed by atoms with E-state index < -0.39 is 12.1 Å². The molecule has 0 spiro atoms. The third-order valence-electron chi connectivity index (χ3n) is 4.90. The van der Waals surface area contributed by atoms with Gasteiger partial charge < -0.3 is 14.8 Å². The molecule has 1 N–H and O–H groups in total. The maximum Gasteiger partial charge on any atom is 0.363 e. The number of nitrogens with one attached hydrogen (secondary N) is 1. The minimum absolute atomic E-state index is 0.0309. The van der Waals surface area contributed by atoms with Crippen LogP contribution in [0.2, 0.25) is 0 Å². The summed E-state index contributed by atoms with van der Waals surface area (Å²) in [4.78, 5) is 24.8. The lowest BCUT2D eigenvalue weighted by atomic mass is 9.97. The Morgan fingerprint density at radius 1 is 1.24 bits per heavy atom. The summed E-state index contributed by atoms with van der Waals surface area (Å²) in [5, 5.41) is 7.10. The predicted octanol–water partition coefficient (Wildman–Crippen LogP) is 3.43. The molecule has 1 aromatic heterocycles. The van der Waals surface area contributed by atoms with Crippen LogP contribution < -0.4 is 10.1 Å². The molecular formula is C22H27N3O4. The van der Waals surface area contributed by atoms with E-state index in [0.29, 0.717) is 6.54 Å². The molecule has 0 saturated heterocycles. The van der Waals surface area contributed by atoms with Crippen molar-refractivity contribution in [3.8, 4) is 11.4 Å². The molecule has 1 atom stereocenters. The summed E-state index contributed by atoms with van der Waals surface area (Å²) in [6.07, 6.45) is 8.45. The molecule has 2 aromatic rings. The highest BCUT2D eigenvalue weighted by atomic mass is 16.6. The van der Waals surface area contributed by atoms with E-state index in [2.05, 4.69) is 16.5 Å². The van der Waals surface area contributed by atoms with Crippen LogP contribution in [0, 0.1) is 0 Å². The van der Waals surface area contributed by atoms with Crippen molar-refractivity contribution in [2.24, 2.45) is 0 Å². The minimum atomic E-state index is -0.922. The van der Waals surface area contributed by atoms with E-state index in [1.165, 1.54) is 30.2 Å². The minimum Gasteiger partial charge on any atom is -0.493 e. The molecule has 0 bridgehead atoms. The quantitative estimate of drug-likeness (QED) is 0.545. The highest BCUT2D eigenvalue weighted by Crippen LogP contribution is 2.21. The van der Waals surface area contributed by atoms with Gasteiger partial charge in [0.05, 0.1) is 19.0 Å². The average molecular weight is 397 g/mol. The standard InChI is InChI=1S/C22H27N3O4/c1-16(21(26)23-14-13-17-9-5-3-6-10-17)29-22(27)20-19(28-2)15-25(24-20)18-11-7-4-8-12-18/h4,7-9,11-12,15-16H,3,5-6,10,13-14H2,1-2H3,(H,23,26). The highest BCUT2D eigenvalue weighted by molar-refractivity contribution is 5.92. The van der Waals surface area contributed by atoms with Crippen molar-refractivity contribution in [1.82, 2.24) is 15.1 Å². The topological polar surface area (TPSA) is 82.5 Å². The second-order valence-electron chi connectivity index (χ2n) is 7.02. The number of esters is 1. The Morgan fingerprint density at radius 3 is 2.72 bits per heavy atom. The summed E-state index contributed by atoms with van der Waals surface area (Å²) >= 11 is 0. The molecule has 0 saturated carbocycles. The largest absolute Gasteiger partial charge is 0.493 e. The molecule has 154 valence electrons. The molecule has 1 aliphatic carbocycles. The lowest BCUT2D eigenvalue weighted by molar-refractivity contribution is -0.129. The Labute approximate surface area is 170 Å². The monoisotopic (exact) mass is 397 g/mol. The number of carbonyl (C=O) groups excluding carboxylic acids is 2. The number of para-hydroxylation sites is 1. The van der Waals surface area contributed by atoms with Gasteiger partial charge in [-0.2, -0.15) is 5.10 Å². The number of aromatic nitrogens is 2. The van der Waals surface area contributed by atoms with Crippen LogP contribution in [-0.4, -0.2) is 41.4 Å². The summed E-state index contributed by atoms with van der Waals surface area (Å²) < 4.78 is 12.1. The Balaban J connectivity index is 1.56. The molecule has 1 heterocycles. The number of methoxy groups -OCH3 is 1. The van der Waals surface area contributed by atoms with Gasteiger partial charge in [-0.15, -0.1) is 0 Å². The molecule has 7 nitrogen and oxygen atoms in total.